The Balaban J connectivity index is 0.818. The van der Waals surface area contributed by atoms with E-state index in [9.17, 15) is 24.0 Å². The summed E-state index contributed by atoms with van der Waals surface area (Å²) in [6.45, 7) is 6.96. The number of hydrogen-bond acceptors (Lipinski definition) is 14. The summed E-state index contributed by atoms with van der Waals surface area (Å²) >= 11 is 7.89. The predicted octanol–water partition coefficient (Wildman–Crippen LogP) is 6.72. The van der Waals surface area contributed by atoms with Gasteiger partial charge in [-0.1, -0.05) is 29.8 Å². The van der Waals surface area contributed by atoms with E-state index in [1.54, 1.807) is 46.6 Å². The first kappa shape index (κ1) is 46.5. The van der Waals surface area contributed by atoms with Gasteiger partial charge in [-0.3, -0.25) is 38.8 Å². The van der Waals surface area contributed by atoms with Crippen molar-refractivity contribution in [3.63, 3.8) is 0 Å². The predicted molar refractivity (Wildman–Crippen MR) is 249 cm³/mol. The number of nitrogens with zero attached hydrogens (tertiary/aromatic N) is 7. The minimum atomic E-state index is -0.581. The van der Waals surface area contributed by atoms with E-state index in [0.717, 1.165) is 32.3 Å². The van der Waals surface area contributed by atoms with Crippen LogP contribution in [0, 0.1) is 26.7 Å². The molecule has 0 spiro atoms. The van der Waals surface area contributed by atoms with Gasteiger partial charge in [-0.2, -0.15) is 0 Å². The maximum atomic E-state index is 13.4. The fraction of sp³-hybridized carbons (Fsp3) is 0.362. The molecular weight excluding hydrogens is 900 g/mol. The Labute approximate surface area is 395 Å². The Hall–Kier alpha value is -6.99. The first-order valence-corrected chi connectivity index (χ1v) is 23.0. The smallest absolute Gasteiger partial charge is 0.257 e. The third-order valence-electron chi connectivity index (χ3n) is 11.9. The van der Waals surface area contributed by atoms with Crippen molar-refractivity contribution in [2.45, 2.75) is 65.5 Å². The van der Waals surface area contributed by atoms with Crippen LogP contribution >= 0.6 is 22.9 Å². The van der Waals surface area contributed by atoms with Gasteiger partial charge in [0.05, 0.1) is 38.0 Å². The molecule has 3 aliphatic heterocycles. The van der Waals surface area contributed by atoms with Crippen LogP contribution in [0.1, 0.15) is 87.3 Å². The van der Waals surface area contributed by atoms with Gasteiger partial charge in [0, 0.05) is 76.9 Å². The maximum Gasteiger partial charge on any atom is 0.257 e. The van der Waals surface area contributed by atoms with Crippen LogP contribution in [-0.2, 0) is 25.7 Å². The Kier molecular flexibility index (Phi) is 14.1. The topological polar surface area (TPSA) is 220 Å². The molecule has 5 aromatic rings. The second kappa shape index (κ2) is 20.3. The Morgan fingerprint density at radius 1 is 0.940 bits per heavy atom. The summed E-state index contributed by atoms with van der Waals surface area (Å²) < 4.78 is 19.0. The van der Waals surface area contributed by atoms with Gasteiger partial charge in [-0.25, -0.2) is 0 Å². The number of aryl methyl sites for hydroxylation is 2. The molecule has 5 heterocycles. The molecular formula is C47H49ClN10O8S. The zero-order valence-electron chi connectivity index (χ0n) is 37.6. The van der Waals surface area contributed by atoms with E-state index < -0.39 is 12.0 Å². The number of nitrogens with one attached hydrogen (secondary N) is 3. The summed E-state index contributed by atoms with van der Waals surface area (Å²) in [6, 6.07) is 15.2. The lowest BCUT2D eigenvalue weighted by Gasteiger charge is -2.25. The summed E-state index contributed by atoms with van der Waals surface area (Å²) in [4.78, 5) is 71.3. The number of halogens is 1. The molecule has 3 aromatic carbocycles. The van der Waals surface area contributed by atoms with Crippen molar-refractivity contribution in [1.82, 2.24) is 35.6 Å². The van der Waals surface area contributed by atoms with Crippen LogP contribution in [0.5, 0.6) is 17.2 Å². The van der Waals surface area contributed by atoms with Gasteiger partial charge < -0.3 is 29.7 Å². The number of amides is 5. The molecule has 2 aromatic heterocycles. The lowest BCUT2D eigenvalue weighted by atomic mass is 9.97. The first-order chi connectivity index (χ1) is 32.3. The van der Waals surface area contributed by atoms with Crippen LogP contribution in [0.25, 0.3) is 5.00 Å². The summed E-state index contributed by atoms with van der Waals surface area (Å²) in [5.74, 6) is 0.246. The van der Waals surface area contributed by atoms with Gasteiger partial charge in [0.25, 0.3) is 11.8 Å². The van der Waals surface area contributed by atoms with E-state index in [1.807, 2.05) is 35.8 Å². The van der Waals surface area contributed by atoms with E-state index in [-0.39, 0.29) is 79.3 Å². The fourth-order valence-electron chi connectivity index (χ4n) is 8.23. The molecule has 348 valence electrons. The zero-order chi connectivity index (χ0) is 47.4. The van der Waals surface area contributed by atoms with Crippen molar-refractivity contribution in [3.8, 4) is 22.2 Å². The van der Waals surface area contributed by atoms with Gasteiger partial charge in [0.15, 0.2) is 29.6 Å². The number of azo groups is 1. The number of imide groups is 1. The highest BCUT2D eigenvalue weighted by Gasteiger charge is 2.36. The molecule has 67 heavy (non-hydrogen) atoms. The average molecular weight is 949 g/mol. The molecule has 2 atom stereocenters. The SMILES string of the molecule is COc1cc(OCC(=O)NCCCCNC(=O)CC2N=C(c3ccc(Cl)cc3)c3c(sc(C)c3C)-n3c(C)nnc32)cc(OC)c1N=Nc1cccc2c1CN(CC1CCC(=O)NC1=O)C2=O. The summed E-state index contributed by atoms with van der Waals surface area (Å²) in [7, 11) is 2.91. The number of ether oxygens (including phenoxy) is 3. The van der Waals surface area contributed by atoms with Crippen molar-refractivity contribution >= 4 is 69.6 Å². The number of aliphatic imine (C=N–C) groups is 1. The number of thiophene rings is 1. The minimum Gasteiger partial charge on any atom is -0.494 e. The van der Waals surface area contributed by atoms with E-state index >= 15 is 0 Å². The number of benzene rings is 3. The number of methoxy groups -OCH3 is 2. The molecule has 0 saturated carbocycles. The van der Waals surface area contributed by atoms with Gasteiger partial charge >= 0.3 is 0 Å². The molecule has 8 rings (SSSR count). The number of carbonyl (C=O) groups is 5. The highest BCUT2D eigenvalue weighted by atomic mass is 35.5. The number of hydrogen-bond donors (Lipinski definition) is 3. The molecule has 18 nitrogen and oxygen atoms in total. The number of rotatable bonds is 17. The Morgan fingerprint density at radius 3 is 2.36 bits per heavy atom. The van der Waals surface area contributed by atoms with Crippen molar-refractivity contribution in [2.75, 3.05) is 40.5 Å². The van der Waals surface area contributed by atoms with Crippen LogP contribution in [0.3, 0.4) is 0 Å². The second-order valence-corrected chi connectivity index (χ2v) is 18.0. The highest BCUT2D eigenvalue weighted by Crippen LogP contribution is 2.43. The number of unbranched alkanes of at least 4 members (excludes halogenated alkanes) is 1. The quantitative estimate of drug-likeness (QED) is 0.0507. The molecule has 0 radical (unpaired) electrons. The molecule has 1 saturated heterocycles. The highest BCUT2D eigenvalue weighted by molar-refractivity contribution is 7.15. The summed E-state index contributed by atoms with van der Waals surface area (Å²) in [5, 5.41) is 27.5. The zero-order valence-corrected chi connectivity index (χ0v) is 39.2. The number of aromatic nitrogens is 3. The number of fused-ring (bicyclic) bond motifs is 4. The normalized spacial score (nSPS) is 16.5. The van der Waals surface area contributed by atoms with Crippen LogP contribution in [-0.4, -0.2) is 95.4 Å². The van der Waals surface area contributed by atoms with Gasteiger partial charge in [-0.15, -0.1) is 31.8 Å². The van der Waals surface area contributed by atoms with Crippen molar-refractivity contribution < 1.29 is 38.2 Å². The van der Waals surface area contributed by atoms with Gasteiger partial charge in [0.1, 0.15) is 22.6 Å². The first-order valence-electron chi connectivity index (χ1n) is 21.8. The molecule has 3 aliphatic rings. The molecule has 20 heteroatoms. The average Bonchev–Trinajstić information content (AvgIpc) is 3.93. The van der Waals surface area contributed by atoms with E-state index in [0.29, 0.717) is 71.6 Å². The number of carbonyl (C=O) groups excluding carboxylic acids is 5. The lowest BCUT2D eigenvalue weighted by Crippen LogP contribution is -2.45. The van der Waals surface area contributed by atoms with Crippen molar-refractivity contribution in [3.05, 3.63) is 104 Å². The van der Waals surface area contributed by atoms with E-state index in [1.165, 1.54) is 14.2 Å². The van der Waals surface area contributed by atoms with Crippen LogP contribution in [0.2, 0.25) is 5.02 Å². The Morgan fingerprint density at radius 2 is 1.66 bits per heavy atom. The van der Waals surface area contributed by atoms with Gasteiger partial charge in [-0.05, 0) is 69.9 Å². The van der Waals surface area contributed by atoms with Crippen LogP contribution in [0.4, 0.5) is 11.4 Å². The Bertz CT molecular complexity index is 2800. The van der Waals surface area contributed by atoms with Crippen molar-refractivity contribution in [2.24, 2.45) is 21.1 Å². The van der Waals surface area contributed by atoms with Crippen LogP contribution in [0.15, 0.2) is 69.8 Å². The molecule has 0 bridgehead atoms. The van der Waals surface area contributed by atoms with Gasteiger partial charge in [0.2, 0.25) is 17.7 Å². The largest absolute Gasteiger partial charge is 0.494 e. The minimum absolute atomic E-state index is 0.0706. The third kappa shape index (κ3) is 10.1. The van der Waals surface area contributed by atoms with Crippen molar-refractivity contribution in [1.29, 1.82) is 0 Å². The molecule has 0 aliphatic carbocycles. The molecule has 3 N–H and O–H groups in total. The second-order valence-electron chi connectivity index (χ2n) is 16.3. The molecule has 1 fully saturated rings. The third-order valence-corrected chi connectivity index (χ3v) is 13.3. The summed E-state index contributed by atoms with van der Waals surface area (Å²) in [6.07, 6.45) is 1.91. The fourth-order valence-corrected chi connectivity index (χ4v) is 9.57. The van der Waals surface area contributed by atoms with E-state index in [4.69, 9.17) is 30.8 Å². The number of piperidine rings is 1. The monoisotopic (exact) mass is 948 g/mol. The molecule has 2 unspecified atom stereocenters. The standard InChI is InChI=1S/C47H49ClN10O8S/c1-25-26(2)67-47-41(25)42(28-11-14-30(48)15-12-28)51-35(44-56-53-27(3)58(44)47)21-39(60)49-17-6-7-18-50-40(61)24-66-31-19-36(64-4)43(37(20-31)65-5)55-54-34-10-8-9-32-33(34)23-57(46(32)63)22-29-13-16-38(59)52-45(29)62/h8-12,14-15,19-20,29,35H,6-7,13,16-18,21-24H2,1-5H3,(H,49,60)(H,50,61)(H,52,59,62). The van der Waals surface area contributed by atoms with Crippen LogP contribution < -0.4 is 30.2 Å². The lowest BCUT2D eigenvalue weighted by molar-refractivity contribution is -0.136. The van der Waals surface area contributed by atoms with E-state index in [2.05, 4.69) is 50.2 Å². The summed E-state index contributed by atoms with van der Waals surface area (Å²) in [5.41, 5.74) is 5.62. The molecule has 5 amide bonds. The maximum absolute atomic E-state index is 13.4.